The van der Waals surface area contributed by atoms with Gasteiger partial charge in [-0.2, -0.15) is 0 Å². The average molecular weight is 989 g/mol. The number of ether oxygens (including phenoxy) is 6. The van der Waals surface area contributed by atoms with Crippen molar-refractivity contribution in [3.63, 3.8) is 0 Å². The molecule has 0 spiro atoms. The Morgan fingerprint density at radius 1 is 0.652 bits per heavy atom. The molecule has 8 rings (SSSR count). The van der Waals surface area contributed by atoms with Crippen molar-refractivity contribution < 1.29 is 104 Å². The molecule has 5 aliphatic carbocycles. The Morgan fingerprint density at radius 3 is 1.84 bits per heavy atom. The van der Waals surface area contributed by atoms with Gasteiger partial charge in [-0.05, 0) is 97.2 Å². The highest BCUT2D eigenvalue weighted by molar-refractivity contribution is 5.79. The molecule has 3 heterocycles. The van der Waals surface area contributed by atoms with Crippen LogP contribution >= 0.6 is 0 Å². The summed E-state index contributed by atoms with van der Waals surface area (Å²) < 4.78 is 35.2. The lowest BCUT2D eigenvalue weighted by Crippen LogP contribution is -2.70. The summed E-state index contributed by atoms with van der Waals surface area (Å²) in [6.07, 6.45) is -22.3. The van der Waals surface area contributed by atoms with Crippen molar-refractivity contribution in [2.24, 2.45) is 50.2 Å². The van der Waals surface area contributed by atoms with Crippen LogP contribution in [-0.2, 0) is 38.0 Å². The van der Waals surface area contributed by atoms with Crippen LogP contribution in [0.2, 0.25) is 0 Å². The lowest BCUT2D eigenvalue weighted by Gasteiger charge is -2.72. The number of esters is 1. The number of rotatable bonds is 10. The van der Waals surface area contributed by atoms with E-state index >= 15 is 0 Å². The first-order valence-corrected chi connectivity index (χ1v) is 24.6. The maximum absolute atomic E-state index is 14.7. The van der Waals surface area contributed by atoms with Crippen LogP contribution < -0.4 is 0 Å². The van der Waals surface area contributed by atoms with Crippen molar-refractivity contribution in [1.29, 1.82) is 0 Å². The third-order valence-corrected chi connectivity index (χ3v) is 19.4. The Labute approximate surface area is 400 Å². The molecular weight excluding hydrogens is 913 g/mol. The molecule has 3 saturated heterocycles. The molecule has 21 nitrogen and oxygen atoms in total. The van der Waals surface area contributed by atoms with E-state index in [9.17, 15) is 76.0 Å². The van der Waals surface area contributed by atoms with E-state index in [1.54, 1.807) is 6.92 Å². The molecule has 8 aliphatic rings. The number of aliphatic carboxylic acids is 1. The molecule has 0 radical (unpaired) electrons. The first-order chi connectivity index (χ1) is 32.2. The van der Waals surface area contributed by atoms with Crippen molar-refractivity contribution in [3.8, 4) is 0 Å². The summed E-state index contributed by atoms with van der Waals surface area (Å²) in [6.45, 7) is 10.8. The Morgan fingerprint density at radius 2 is 1.25 bits per heavy atom. The van der Waals surface area contributed by atoms with Gasteiger partial charge in [-0.3, -0.25) is 4.79 Å². The van der Waals surface area contributed by atoms with E-state index in [2.05, 4.69) is 40.7 Å². The smallest absolute Gasteiger partial charge is 0.335 e. The monoisotopic (exact) mass is 988 g/mol. The third kappa shape index (κ3) is 8.25. The minimum Gasteiger partial charge on any atom is -0.479 e. The lowest BCUT2D eigenvalue weighted by atomic mass is 9.33. The summed E-state index contributed by atoms with van der Waals surface area (Å²) in [4.78, 5) is 27.0. The van der Waals surface area contributed by atoms with Gasteiger partial charge in [-0.25, -0.2) is 4.79 Å². The number of carbonyl (C=O) groups excluding carboxylic acids is 1. The molecule has 0 amide bonds. The number of carboxylic acids is 1. The van der Waals surface area contributed by atoms with Gasteiger partial charge in [-0.15, -0.1) is 0 Å². The molecule has 0 aromatic heterocycles. The zero-order chi connectivity index (χ0) is 50.7. The second-order valence-electron chi connectivity index (χ2n) is 23.5. The van der Waals surface area contributed by atoms with Crippen LogP contribution in [0.15, 0.2) is 11.6 Å². The molecular formula is C48H76O21. The zero-order valence-electron chi connectivity index (χ0n) is 40.2. The summed E-state index contributed by atoms with van der Waals surface area (Å²) in [5, 5.41) is 139. The standard InChI is InChI=1S/C48H76O21/c1-43(2)11-13-48(42(63)69-40-34(60)30(56)28(54)24(18-50)65-40)14-12-46(5)20(21(48)15-43)7-8-26-44(3)16-22(52)37(45(4,19-51)25(44)9-10-47(26,46)6)68-41-36(32(58)31(57)35(66-41)38(61)62)67-39-33(59)29(55)27(53)23(17-49)64-39/h7,21-37,39-41,49-60H,8-19H2,1-6H3,(H,61,62)/t21-,22-,23+,24+,25+,26+,27-,28+,29-,30-,31-,32-,33+,34+,35-,36+,37-,39-,40-,41-,44-,45+,46+,47+,48-/m0/s1. The number of carbonyl (C=O) groups is 2. The second-order valence-corrected chi connectivity index (χ2v) is 23.5. The maximum atomic E-state index is 14.7. The Bertz CT molecular complexity index is 1930. The van der Waals surface area contributed by atoms with Gasteiger partial charge in [0.1, 0.15) is 67.1 Å². The maximum Gasteiger partial charge on any atom is 0.335 e. The second kappa shape index (κ2) is 18.7. The number of carboxylic acid groups (broad SMARTS) is 1. The van der Waals surface area contributed by atoms with Crippen LogP contribution in [0.3, 0.4) is 0 Å². The Balaban J connectivity index is 1.08. The number of fused-ring (bicyclic) bond motifs is 7. The van der Waals surface area contributed by atoms with Gasteiger partial charge in [0.2, 0.25) is 6.29 Å². The fourth-order valence-corrected chi connectivity index (χ4v) is 15.1. The predicted molar refractivity (Wildman–Crippen MR) is 234 cm³/mol. The van der Waals surface area contributed by atoms with Gasteiger partial charge >= 0.3 is 11.9 Å². The SMILES string of the molecule is CC1(C)CC[C@]2(C(=O)O[C@@H]3O[C@H](CO)[C@@H](O)[C@H](O)[C@H]3O)CC[C@]3(C)C(=CC[C@@H]4[C@@]5(C)C[C@H](O)[C@H](O[C@@H]6O[C@H](C(=O)O)[C@@H](O)[C@H](O)[C@H]6O[C@@H]6O[C@H](CO)[C@H](O)[C@H](O)[C@H]6O)[C@](C)(CO)[C@@H]5CC[C@]43C)[C@@H]2C1. The summed E-state index contributed by atoms with van der Waals surface area (Å²) in [5.41, 5.74) is -2.79. The molecule has 13 N–H and O–H groups in total. The minimum atomic E-state index is -2.10. The molecule has 3 aliphatic heterocycles. The Hall–Kier alpha value is -2.00. The molecule has 0 bridgehead atoms. The quantitative estimate of drug-likeness (QED) is 0.0651. The minimum absolute atomic E-state index is 0.0781. The van der Waals surface area contributed by atoms with E-state index < -0.39 is 163 Å². The van der Waals surface area contributed by atoms with Gasteiger partial charge in [0.05, 0.1) is 37.4 Å². The van der Waals surface area contributed by atoms with Crippen LogP contribution in [0.25, 0.3) is 0 Å². The van der Waals surface area contributed by atoms with Gasteiger partial charge in [-0.1, -0.05) is 53.2 Å². The molecule has 7 fully saturated rings. The van der Waals surface area contributed by atoms with Crippen LogP contribution in [-0.4, -0.2) is 202 Å². The van der Waals surface area contributed by atoms with Crippen molar-refractivity contribution >= 4 is 11.9 Å². The van der Waals surface area contributed by atoms with Gasteiger partial charge in [0.25, 0.3) is 0 Å². The van der Waals surface area contributed by atoms with E-state index in [1.165, 1.54) is 0 Å². The molecule has 394 valence electrons. The largest absolute Gasteiger partial charge is 0.479 e. The predicted octanol–water partition coefficient (Wildman–Crippen LogP) is -1.82. The number of hydrogen-bond donors (Lipinski definition) is 13. The van der Waals surface area contributed by atoms with Crippen LogP contribution in [0.1, 0.15) is 99.3 Å². The summed E-state index contributed by atoms with van der Waals surface area (Å²) >= 11 is 0. The van der Waals surface area contributed by atoms with Crippen LogP contribution in [0, 0.1) is 50.2 Å². The van der Waals surface area contributed by atoms with Gasteiger partial charge in [0.15, 0.2) is 18.7 Å². The van der Waals surface area contributed by atoms with Gasteiger partial charge < -0.3 is 94.8 Å². The number of allylic oxidation sites excluding steroid dienone is 2. The van der Waals surface area contributed by atoms with Crippen molar-refractivity contribution in [1.82, 2.24) is 0 Å². The van der Waals surface area contributed by atoms with E-state index in [4.69, 9.17) is 28.4 Å². The molecule has 0 aromatic carbocycles. The van der Waals surface area contributed by atoms with E-state index in [0.717, 1.165) is 12.0 Å². The van der Waals surface area contributed by atoms with Gasteiger partial charge in [0, 0.05) is 5.41 Å². The number of aliphatic hydroxyl groups is 12. The first kappa shape index (κ1) is 53.3. The fourth-order valence-electron chi connectivity index (χ4n) is 15.1. The lowest BCUT2D eigenvalue weighted by molar-refractivity contribution is -0.380. The molecule has 25 atom stereocenters. The van der Waals surface area contributed by atoms with E-state index in [1.807, 2.05) is 0 Å². The topological polar surface area (TPSA) is 353 Å². The summed E-state index contributed by atoms with van der Waals surface area (Å²) in [6, 6.07) is 0. The zero-order valence-corrected chi connectivity index (χ0v) is 40.2. The van der Waals surface area contributed by atoms with E-state index in [0.29, 0.717) is 44.9 Å². The van der Waals surface area contributed by atoms with Crippen molar-refractivity contribution in [3.05, 3.63) is 11.6 Å². The average Bonchev–Trinajstić information content (AvgIpc) is 3.29. The molecule has 4 saturated carbocycles. The van der Waals surface area contributed by atoms with Crippen molar-refractivity contribution in [2.45, 2.75) is 204 Å². The molecule has 0 unspecified atom stereocenters. The third-order valence-electron chi connectivity index (χ3n) is 19.4. The molecule has 0 aromatic rings. The normalized spacial score (nSPS) is 53.9. The van der Waals surface area contributed by atoms with E-state index in [-0.39, 0.29) is 29.6 Å². The fraction of sp³-hybridized carbons (Fsp3) is 0.917. The highest BCUT2D eigenvalue weighted by atomic mass is 16.8. The molecule has 21 heteroatoms. The number of aliphatic hydroxyl groups excluding tert-OH is 12. The first-order valence-electron chi connectivity index (χ1n) is 24.6. The molecule has 69 heavy (non-hydrogen) atoms. The van der Waals surface area contributed by atoms with Crippen LogP contribution in [0.5, 0.6) is 0 Å². The van der Waals surface area contributed by atoms with Crippen molar-refractivity contribution in [2.75, 3.05) is 19.8 Å². The summed E-state index contributed by atoms with van der Waals surface area (Å²) in [7, 11) is 0. The summed E-state index contributed by atoms with van der Waals surface area (Å²) in [5.74, 6) is -2.90. The van der Waals surface area contributed by atoms with Crippen LogP contribution in [0.4, 0.5) is 0 Å². The Kier molecular flexibility index (Phi) is 14.5. The highest BCUT2D eigenvalue weighted by Gasteiger charge is 2.72. The number of hydrogen-bond acceptors (Lipinski definition) is 20. The highest BCUT2D eigenvalue weighted by Crippen LogP contribution is 2.76.